The van der Waals surface area contributed by atoms with E-state index in [0.717, 1.165) is 13.0 Å². The van der Waals surface area contributed by atoms with Gasteiger partial charge in [0.1, 0.15) is 5.82 Å². The number of aromatic nitrogens is 2. The predicted octanol–water partition coefficient (Wildman–Crippen LogP) is 3.75. The Morgan fingerprint density at radius 2 is 2.12 bits per heavy atom. The lowest BCUT2D eigenvalue weighted by Gasteiger charge is -2.20. The number of rotatable bonds is 7. The third-order valence-electron chi connectivity index (χ3n) is 3.67. The fraction of sp³-hybridized carbons (Fsp3) is 0.278. The minimum Gasteiger partial charge on any atom is -0.459 e. The van der Waals surface area contributed by atoms with Gasteiger partial charge in [-0.15, -0.1) is 10.2 Å². The van der Waals surface area contributed by atoms with Crippen LogP contribution in [-0.4, -0.2) is 21.6 Å². The Bertz CT molecular complexity index is 868. The van der Waals surface area contributed by atoms with E-state index in [1.165, 1.54) is 18.4 Å². The van der Waals surface area contributed by atoms with Crippen LogP contribution in [0.5, 0.6) is 0 Å². The number of nitriles is 1. The minimum absolute atomic E-state index is 0.314. The molecule has 0 fully saturated rings. The Kier molecular flexibility index (Phi) is 5.21. The van der Waals surface area contributed by atoms with Crippen molar-refractivity contribution in [3.05, 3.63) is 59.4 Å². The third kappa shape index (κ3) is 4.11. The number of benzene rings is 1. The molecule has 0 aliphatic heterocycles. The van der Waals surface area contributed by atoms with Gasteiger partial charge in [-0.3, -0.25) is 4.90 Å². The van der Waals surface area contributed by atoms with Gasteiger partial charge in [-0.05, 0) is 43.3 Å². The first kappa shape index (κ1) is 16.9. The molecule has 0 N–H and O–H groups in total. The van der Waals surface area contributed by atoms with E-state index < -0.39 is 0 Å². The number of furan rings is 1. The first-order chi connectivity index (χ1) is 12.2. The summed E-state index contributed by atoms with van der Waals surface area (Å²) >= 11 is 0. The standard InChI is InChI=1S/C18H17FN4O2/c1-2-7-23(11-14-9-13(10-20)5-6-15(14)19)12-17-21-22-18(25-17)16-4-3-8-24-16/h3-6,8-9H,2,7,11-12H2,1H3. The molecule has 2 aromatic heterocycles. The van der Waals surface area contributed by atoms with Crippen molar-refractivity contribution >= 4 is 0 Å². The van der Waals surface area contributed by atoms with E-state index >= 15 is 0 Å². The van der Waals surface area contributed by atoms with Crippen LogP contribution in [0.2, 0.25) is 0 Å². The highest BCUT2D eigenvalue weighted by Gasteiger charge is 2.16. The summed E-state index contributed by atoms with van der Waals surface area (Å²) in [5.41, 5.74) is 0.906. The van der Waals surface area contributed by atoms with Gasteiger partial charge >= 0.3 is 0 Å². The molecule has 0 unspecified atom stereocenters. The monoisotopic (exact) mass is 340 g/mol. The molecule has 3 aromatic rings. The molecule has 2 heterocycles. The second kappa shape index (κ2) is 7.73. The van der Waals surface area contributed by atoms with E-state index in [-0.39, 0.29) is 5.82 Å². The zero-order valence-electron chi connectivity index (χ0n) is 13.8. The van der Waals surface area contributed by atoms with Crippen molar-refractivity contribution in [2.75, 3.05) is 6.54 Å². The summed E-state index contributed by atoms with van der Waals surface area (Å²) in [5.74, 6) is 0.918. The van der Waals surface area contributed by atoms with Crippen LogP contribution in [-0.2, 0) is 13.1 Å². The molecule has 25 heavy (non-hydrogen) atoms. The molecule has 0 aliphatic carbocycles. The smallest absolute Gasteiger partial charge is 0.283 e. The molecule has 0 aliphatic rings. The van der Waals surface area contributed by atoms with Crippen molar-refractivity contribution in [1.29, 1.82) is 5.26 Å². The van der Waals surface area contributed by atoms with Gasteiger partial charge in [0.25, 0.3) is 5.89 Å². The molecule has 0 spiro atoms. The van der Waals surface area contributed by atoms with Crippen LogP contribution < -0.4 is 0 Å². The second-order valence-electron chi connectivity index (χ2n) is 5.61. The number of hydrogen-bond acceptors (Lipinski definition) is 6. The van der Waals surface area contributed by atoms with E-state index in [1.807, 2.05) is 17.9 Å². The second-order valence-corrected chi connectivity index (χ2v) is 5.61. The van der Waals surface area contributed by atoms with Crippen molar-refractivity contribution in [1.82, 2.24) is 15.1 Å². The van der Waals surface area contributed by atoms with E-state index in [1.54, 1.807) is 18.2 Å². The number of nitrogens with zero attached hydrogens (tertiary/aromatic N) is 4. The average molecular weight is 340 g/mol. The summed E-state index contributed by atoms with van der Waals surface area (Å²) in [6.45, 7) is 3.51. The van der Waals surface area contributed by atoms with Crippen LogP contribution in [0.25, 0.3) is 11.7 Å². The molecule has 1 aromatic carbocycles. The van der Waals surface area contributed by atoms with Crippen molar-refractivity contribution in [2.24, 2.45) is 0 Å². The largest absolute Gasteiger partial charge is 0.459 e. The maximum absolute atomic E-state index is 14.0. The zero-order chi connectivity index (χ0) is 17.6. The molecule has 6 nitrogen and oxygen atoms in total. The van der Waals surface area contributed by atoms with Gasteiger partial charge in [0.05, 0.1) is 24.4 Å². The van der Waals surface area contributed by atoms with Gasteiger partial charge in [0, 0.05) is 12.1 Å². The molecule has 0 saturated heterocycles. The van der Waals surface area contributed by atoms with Gasteiger partial charge in [-0.1, -0.05) is 6.92 Å². The quantitative estimate of drug-likeness (QED) is 0.652. The van der Waals surface area contributed by atoms with E-state index in [9.17, 15) is 4.39 Å². The summed E-state index contributed by atoms with van der Waals surface area (Å²) in [4.78, 5) is 2.00. The third-order valence-corrected chi connectivity index (χ3v) is 3.67. The van der Waals surface area contributed by atoms with E-state index in [4.69, 9.17) is 14.1 Å². The van der Waals surface area contributed by atoms with Crippen LogP contribution >= 0.6 is 0 Å². The van der Waals surface area contributed by atoms with Crippen molar-refractivity contribution < 1.29 is 13.2 Å². The first-order valence-electron chi connectivity index (χ1n) is 7.96. The number of halogens is 1. The fourth-order valence-corrected chi connectivity index (χ4v) is 2.55. The molecule has 128 valence electrons. The Morgan fingerprint density at radius 3 is 2.84 bits per heavy atom. The molecular weight excluding hydrogens is 323 g/mol. The Morgan fingerprint density at radius 1 is 1.24 bits per heavy atom. The lowest BCUT2D eigenvalue weighted by molar-refractivity contribution is 0.228. The summed E-state index contributed by atoms with van der Waals surface area (Å²) in [7, 11) is 0. The van der Waals surface area contributed by atoms with Gasteiger partial charge in [-0.25, -0.2) is 4.39 Å². The minimum atomic E-state index is -0.332. The molecular formula is C18H17FN4O2. The Hall–Kier alpha value is -2.98. The molecule has 0 amide bonds. The van der Waals surface area contributed by atoms with E-state index in [0.29, 0.717) is 41.8 Å². The predicted molar refractivity (Wildman–Crippen MR) is 87.5 cm³/mol. The maximum atomic E-state index is 14.0. The lowest BCUT2D eigenvalue weighted by atomic mass is 10.1. The highest BCUT2D eigenvalue weighted by Crippen LogP contribution is 2.20. The summed E-state index contributed by atoms with van der Waals surface area (Å²) in [6.07, 6.45) is 2.42. The van der Waals surface area contributed by atoms with Crippen LogP contribution in [0.4, 0.5) is 4.39 Å². The molecule has 0 saturated carbocycles. The van der Waals surface area contributed by atoms with Crippen molar-refractivity contribution in [3.8, 4) is 17.7 Å². The fourth-order valence-electron chi connectivity index (χ4n) is 2.55. The van der Waals surface area contributed by atoms with Crippen LogP contribution in [0.3, 0.4) is 0 Å². The normalized spacial score (nSPS) is 11.0. The highest BCUT2D eigenvalue weighted by molar-refractivity contribution is 5.42. The molecule has 0 radical (unpaired) electrons. The van der Waals surface area contributed by atoms with Crippen LogP contribution in [0, 0.1) is 17.1 Å². The molecule has 0 atom stereocenters. The van der Waals surface area contributed by atoms with Crippen molar-refractivity contribution in [2.45, 2.75) is 26.4 Å². The summed E-state index contributed by atoms with van der Waals surface area (Å²) in [6, 6.07) is 9.87. The van der Waals surface area contributed by atoms with Gasteiger partial charge in [-0.2, -0.15) is 5.26 Å². The highest BCUT2D eigenvalue weighted by atomic mass is 19.1. The Labute approximate surface area is 144 Å². The maximum Gasteiger partial charge on any atom is 0.283 e. The molecule has 3 rings (SSSR count). The van der Waals surface area contributed by atoms with Crippen LogP contribution in [0.15, 0.2) is 45.4 Å². The lowest BCUT2D eigenvalue weighted by Crippen LogP contribution is -2.24. The average Bonchev–Trinajstić information content (AvgIpc) is 3.28. The molecule has 7 heteroatoms. The number of hydrogen-bond donors (Lipinski definition) is 0. The van der Waals surface area contributed by atoms with Crippen molar-refractivity contribution in [3.63, 3.8) is 0 Å². The van der Waals surface area contributed by atoms with Gasteiger partial charge < -0.3 is 8.83 Å². The Balaban J connectivity index is 1.75. The van der Waals surface area contributed by atoms with Crippen LogP contribution in [0.1, 0.15) is 30.4 Å². The summed E-state index contributed by atoms with van der Waals surface area (Å²) < 4.78 is 24.9. The first-order valence-corrected chi connectivity index (χ1v) is 7.96. The SMILES string of the molecule is CCCN(Cc1nnc(-c2ccco2)o1)Cc1cc(C#N)ccc1F. The van der Waals surface area contributed by atoms with E-state index in [2.05, 4.69) is 10.2 Å². The summed E-state index contributed by atoms with van der Waals surface area (Å²) in [5, 5.41) is 17.0. The topological polar surface area (TPSA) is 79.1 Å². The zero-order valence-corrected chi connectivity index (χ0v) is 13.8. The molecule has 0 bridgehead atoms. The van der Waals surface area contributed by atoms with Gasteiger partial charge in [0.15, 0.2) is 5.76 Å². The van der Waals surface area contributed by atoms with Gasteiger partial charge in [0.2, 0.25) is 5.89 Å².